The van der Waals surface area contributed by atoms with Crippen molar-refractivity contribution in [1.29, 1.82) is 0 Å². The maximum Gasteiger partial charge on any atom is 0.251 e. The number of nitrogens with one attached hydrogen (secondary N) is 1. The fourth-order valence-corrected chi connectivity index (χ4v) is 2.97. The summed E-state index contributed by atoms with van der Waals surface area (Å²) in [5.41, 5.74) is 5.39. The van der Waals surface area contributed by atoms with E-state index in [9.17, 15) is 4.79 Å². The highest BCUT2D eigenvalue weighted by Crippen LogP contribution is 2.20. The third-order valence-electron chi connectivity index (χ3n) is 4.39. The molecule has 0 unspecified atom stereocenters. The van der Waals surface area contributed by atoms with Crippen molar-refractivity contribution < 1.29 is 4.79 Å². The van der Waals surface area contributed by atoms with E-state index in [1.165, 1.54) is 5.56 Å². The van der Waals surface area contributed by atoms with E-state index >= 15 is 0 Å². The molecule has 0 saturated heterocycles. The van der Waals surface area contributed by atoms with Crippen molar-refractivity contribution in [3.8, 4) is 5.69 Å². The van der Waals surface area contributed by atoms with Crippen LogP contribution in [0.2, 0.25) is 0 Å². The number of aryl methyl sites for hydroxylation is 1. The summed E-state index contributed by atoms with van der Waals surface area (Å²) in [6.07, 6.45) is 6.94. The topological polar surface area (TPSA) is 46.9 Å². The first-order valence-corrected chi connectivity index (χ1v) is 9.34. The van der Waals surface area contributed by atoms with Crippen LogP contribution in [0.1, 0.15) is 22.8 Å². The molecule has 0 radical (unpaired) electrons. The van der Waals surface area contributed by atoms with E-state index in [2.05, 4.69) is 35.9 Å². The Morgan fingerprint density at radius 2 is 2.11 bits per heavy atom. The van der Waals surface area contributed by atoms with Crippen LogP contribution in [0, 0.1) is 6.92 Å². The third kappa shape index (κ3) is 4.41. The molecular formula is C23H22ClN3O. The molecule has 142 valence electrons. The van der Waals surface area contributed by atoms with E-state index in [1.807, 2.05) is 35.8 Å². The smallest absolute Gasteiger partial charge is 0.251 e. The molecule has 0 bridgehead atoms. The van der Waals surface area contributed by atoms with Crippen molar-refractivity contribution in [2.75, 3.05) is 6.54 Å². The summed E-state index contributed by atoms with van der Waals surface area (Å²) in [4.78, 5) is 17.0. The van der Waals surface area contributed by atoms with Crippen LogP contribution in [-0.4, -0.2) is 22.0 Å². The van der Waals surface area contributed by atoms with Crippen molar-refractivity contribution in [1.82, 2.24) is 14.9 Å². The minimum atomic E-state index is -0.163. The number of nitrogens with zero attached hydrogens (tertiary/aromatic N) is 2. The SMILES string of the molecule is C=C/C=C\C(Cl)=C(/C)CNC(=O)c1ccc2c(c1)ncn2-c1cccc(C)c1. The highest BCUT2D eigenvalue weighted by Gasteiger charge is 2.10. The monoisotopic (exact) mass is 391 g/mol. The Morgan fingerprint density at radius 3 is 2.86 bits per heavy atom. The third-order valence-corrected chi connectivity index (χ3v) is 4.84. The van der Waals surface area contributed by atoms with Crippen LogP contribution >= 0.6 is 11.6 Å². The Balaban J connectivity index is 1.79. The van der Waals surface area contributed by atoms with E-state index in [1.54, 1.807) is 30.6 Å². The van der Waals surface area contributed by atoms with Gasteiger partial charge in [-0.25, -0.2) is 4.98 Å². The average Bonchev–Trinajstić information content (AvgIpc) is 3.13. The van der Waals surface area contributed by atoms with Crippen LogP contribution < -0.4 is 5.32 Å². The number of amides is 1. The van der Waals surface area contributed by atoms with Crippen molar-refractivity contribution in [2.24, 2.45) is 0 Å². The van der Waals surface area contributed by atoms with Gasteiger partial charge < -0.3 is 5.32 Å². The molecule has 1 N–H and O–H groups in total. The Hall–Kier alpha value is -3.11. The second-order valence-corrected chi connectivity index (χ2v) is 6.97. The van der Waals surface area contributed by atoms with Crippen LogP contribution in [-0.2, 0) is 0 Å². The number of carbonyl (C=O) groups excluding carboxylic acids is 1. The Bertz CT molecular complexity index is 1090. The fraction of sp³-hybridized carbons (Fsp3) is 0.130. The van der Waals surface area contributed by atoms with Crippen molar-refractivity contribution in [2.45, 2.75) is 13.8 Å². The van der Waals surface area contributed by atoms with Gasteiger partial charge >= 0.3 is 0 Å². The van der Waals surface area contributed by atoms with Gasteiger partial charge in [-0.05, 0) is 61.4 Å². The highest BCUT2D eigenvalue weighted by molar-refractivity contribution is 6.31. The molecule has 1 heterocycles. The predicted octanol–water partition coefficient (Wildman–Crippen LogP) is 5.32. The normalized spacial score (nSPS) is 12.2. The van der Waals surface area contributed by atoms with Crippen LogP contribution in [0.5, 0.6) is 0 Å². The lowest BCUT2D eigenvalue weighted by molar-refractivity contribution is 0.0957. The van der Waals surface area contributed by atoms with Gasteiger partial charge in [-0.2, -0.15) is 0 Å². The second kappa shape index (κ2) is 8.72. The van der Waals surface area contributed by atoms with E-state index in [4.69, 9.17) is 11.6 Å². The lowest BCUT2D eigenvalue weighted by Crippen LogP contribution is -2.25. The molecule has 5 heteroatoms. The second-order valence-electron chi connectivity index (χ2n) is 6.56. The molecule has 1 aromatic heterocycles. The van der Waals surface area contributed by atoms with Gasteiger partial charge in [0.25, 0.3) is 5.91 Å². The predicted molar refractivity (Wildman–Crippen MR) is 116 cm³/mol. The molecule has 2 aromatic carbocycles. The van der Waals surface area contributed by atoms with Gasteiger partial charge in [0.05, 0.1) is 11.0 Å². The van der Waals surface area contributed by atoms with Gasteiger partial charge in [-0.3, -0.25) is 9.36 Å². The largest absolute Gasteiger partial charge is 0.348 e. The zero-order valence-corrected chi connectivity index (χ0v) is 16.7. The summed E-state index contributed by atoms with van der Waals surface area (Å²) in [6.45, 7) is 7.91. The van der Waals surface area contributed by atoms with E-state index in [0.717, 1.165) is 22.3 Å². The number of hydrogen-bond donors (Lipinski definition) is 1. The number of imidazole rings is 1. The molecule has 4 nitrogen and oxygen atoms in total. The molecule has 0 aliphatic heterocycles. The van der Waals surface area contributed by atoms with Gasteiger partial charge in [-0.1, -0.05) is 42.5 Å². The molecule has 0 aliphatic rings. The Kier molecular flexibility index (Phi) is 6.12. The van der Waals surface area contributed by atoms with Crippen LogP contribution in [0.25, 0.3) is 16.7 Å². The molecule has 0 spiro atoms. The maximum absolute atomic E-state index is 12.5. The standard InChI is InChI=1S/C23H22ClN3O/c1-4-5-9-20(24)17(3)14-25-23(28)18-10-11-22-21(13-18)26-15-27(22)19-8-6-7-16(2)12-19/h4-13,15H,1,14H2,2-3H3,(H,25,28)/b9-5-,20-17-. The van der Waals surface area contributed by atoms with Crippen molar-refractivity contribution in [3.05, 3.63) is 95.3 Å². The van der Waals surface area contributed by atoms with E-state index in [0.29, 0.717) is 17.1 Å². The molecule has 3 aromatic rings. The minimum absolute atomic E-state index is 0.163. The number of rotatable bonds is 6. The van der Waals surface area contributed by atoms with E-state index in [-0.39, 0.29) is 5.91 Å². The van der Waals surface area contributed by atoms with Gasteiger partial charge in [-0.15, -0.1) is 0 Å². The molecule has 3 rings (SSSR count). The zero-order chi connectivity index (χ0) is 20.1. The fourth-order valence-electron chi connectivity index (χ4n) is 2.83. The Labute approximate surface area is 169 Å². The van der Waals surface area contributed by atoms with Gasteiger partial charge in [0.15, 0.2) is 0 Å². The van der Waals surface area contributed by atoms with Gasteiger partial charge in [0.2, 0.25) is 0 Å². The number of carbonyl (C=O) groups is 1. The number of hydrogen-bond acceptors (Lipinski definition) is 2. The summed E-state index contributed by atoms with van der Waals surface area (Å²) < 4.78 is 2.02. The molecule has 0 fully saturated rings. The lowest BCUT2D eigenvalue weighted by Gasteiger charge is -2.08. The first-order valence-electron chi connectivity index (χ1n) is 8.96. The number of fused-ring (bicyclic) bond motifs is 1. The van der Waals surface area contributed by atoms with Crippen LogP contribution in [0.3, 0.4) is 0 Å². The number of benzene rings is 2. The average molecular weight is 392 g/mol. The number of aromatic nitrogens is 2. The van der Waals surface area contributed by atoms with Gasteiger partial charge in [0, 0.05) is 22.8 Å². The van der Waals surface area contributed by atoms with Crippen LogP contribution in [0.15, 0.2) is 84.2 Å². The molecular weight excluding hydrogens is 370 g/mol. The molecule has 0 atom stereocenters. The number of halogens is 1. The summed E-state index contributed by atoms with van der Waals surface area (Å²) in [7, 11) is 0. The highest BCUT2D eigenvalue weighted by atomic mass is 35.5. The summed E-state index contributed by atoms with van der Waals surface area (Å²) in [5, 5.41) is 3.48. The van der Waals surface area contributed by atoms with Crippen molar-refractivity contribution in [3.63, 3.8) is 0 Å². The van der Waals surface area contributed by atoms with Crippen molar-refractivity contribution >= 4 is 28.5 Å². The minimum Gasteiger partial charge on any atom is -0.348 e. The first-order chi connectivity index (χ1) is 13.5. The molecule has 0 aliphatic carbocycles. The molecule has 0 saturated carbocycles. The maximum atomic E-state index is 12.5. The summed E-state index contributed by atoms with van der Waals surface area (Å²) >= 11 is 6.17. The van der Waals surface area contributed by atoms with Gasteiger partial charge in [0.1, 0.15) is 6.33 Å². The molecule has 28 heavy (non-hydrogen) atoms. The Morgan fingerprint density at radius 1 is 1.29 bits per heavy atom. The molecule has 1 amide bonds. The summed E-state index contributed by atoms with van der Waals surface area (Å²) in [5.74, 6) is -0.163. The van der Waals surface area contributed by atoms with E-state index < -0.39 is 0 Å². The quantitative estimate of drug-likeness (QED) is 0.578. The zero-order valence-electron chi connectivity index (χ0n) is 15.9. The first kappa shape index (κ1) is 19.6. The lowest BCUT2D eigenvalue weighted by atomic mass is 10.1. The number of allylic oxidation sites excluding steroid dienone is 4. The summed E-state index contributed by atoms with van der Waals surface area (Å²) in [6, 6.07) is 13.7. The van der Waals surface area contributed by atoms with Crippen LogP contribution in [0.4, 0.5) is 0 Å².